The maximum Gasteiger partial charge on any atom is 0.321 e. The van der Waals surface area contributed by atoms with Crippen LogP contribution >= 0.6 is 0 Å². The zero-order chi connectivity index (χ0) is 22.3. The van der Waals surface area contributed by atoms with Crippen LogP contribution in [-0.4, -0.2) is 18.0 Å². The van der Waals surface area contributed by atoms with E-state index in [9.17, 15) is 18.0 Å². The van der Waals surface area contributed by atoms with E-state index >= 15 is 0 Å². The molecule has 0 saturated heterocycles. The van der Waals surface area contributed by atoms with E-state index in [4.69, 9.17) is 0 Å². The fourth-order valence-electron chi connectivity index (χ4n) is 4.30. The SMILES string of the molecule is O=c1[nH]c2c3c(ccc2n(-c2cccc(NS(=O)(=O)c4ccccc4)c2)c1=O)CCCC3. The molecule has 0 spiro atoms. The summed E-state index contributed by atoms with van der Waals surface area (Å²) in [6.45, 7) is 0. The van der Waals surface area contributed by atoms with Gasteiger partial charge in [0.25, 0.3) is 10.0 Å². The molecule has 7 nitrogen and oxygen atoms in total. The fourth-order valence-corrected chi connectivity index (χ4v) is 5.37. The third kappa shape index (κ3) is 3.52. The highest BCUT2D eigenvalue weighted by atomic mass is 32.2. The summed E-state index contributed by atoms with van der Waals surface area (Å²) in [4.78, 5) is 28.3. The van der Waals surface area contributed by atoms with E-state index in [0.29, 0.717) is 22.4 Å². The normalized spacial score (nSPS) is 13.6. The second-order valence-electron chi connectivity index (χ2n) is 7.87. The van der Waals surface area contributed by atoms with Crippen LogP contribution in [0.25, 0.3) is 16.7 Å². The van der Waals surface area contributed by atoms with Crippen LogP contribution in [0.3, 0.4) is 0 Å². The van der Waals surface area contributed by atoms with Crippen LogP contribution in [0.4, 0.5) is 5.69 Å². The van der Waals surface area contributed by atoms with Gasteiger partial charge in [0.05, 0.1) is 27.3 Å². The van der Waals surface area contributed by atoms with Crippen molar-refractivity contribution in [3.05, 3.63) is 98.6 Å². The average molecular weight is 448 g/mol. The standard InChI is InChI=1S/C24H21N3O4S/c28-23-24(29)27(21-14-13-16-7-4-5-12-20(16)22(21)25-23)18-9-6-8-17(15-18)26-32(30,31)19-10-2-1-3-11-19/h1-3,6,8-11,13-15,26H,4-5,7,12H2,(H,25,28). The predicted octanol–water partition coefficient (Wildman–Crippen LogP) is 3.36. The Labute approximate surface area is 184 Å². The Balaban J connectivity index is 1.65. The Morgan fingerprint density at radius 3 is 2.47 bits per heavy atom. The molecule has 0 saturated carbocycles. The second kappa shape index (κ2) is 7.80. The number of benzene rings is 3. The summed E-state index contributed by atoms with van der Waals surface area (Å²) in [5.41, 5.74) is 2.82. The van der Waals surface area contributed by atoms with Gasteiger partial charge in [-0.2, -0.15) is 0 Å². The van der Waals surface area contributed by atoms with Crippen molar-refractivity contribution in [3.8, 4) is 5.69 Å². The van der Waals surface area contributed by atoms with E-state index in [-0.39, 0.29) is 4.90 Å². The first-order chi connectivity index (χ1) is 15.4. The minimum absolute atomic E-state index is 0.135. The van der Waals surface area contributed by atoms with E-state index in [1.165, 1.54) is 22.3 Å². The van der Waals surface area contributed by atoms with Crippen molar-refractivity contribution in [1.29, 1.82) is 0 Å². The first-order valence-electron chi connectivity index (χ1n) is 10.4. The molecule has 1 aromatic heterocycles. The molecule has 0 aliphatic heterocycles. The molecule has 0 amide bonds. The third-order valence-electron chi connectivity index (χ3n) is 5.80. The number of hydrogen-bond acceptors (Lipinski definition) is 4. The van der Waals surface area contributed by atoms with E-state index < -0.39 is 21.1 Å². The molecule has 1 aliphatic carbocycles. The molecule has 162 valence electrons. The first kappa shape index (κ1) is 20.3. The summed E-state index contributed by atoms with van der Waals surface area (Å²) >= 11 is 0. The fraction of sp³-hybridized carbons (Fsp3) is 0.167. The number of aryl methyl sites for hydroxylation is 2. The molecule has 0 atom stereocenters. The van der Waals surface area contributed by atoms with E-state index in [1.54, 1.807) is 42.5 Å². The number of nitrogens with zero attached hydrogens (tertiary/aromatic N) is 1. The van der Waals surface area contributed by atoms with E-state index in [1.807, 2.05) is 12.1 Å². The van der Waals surface area contributed by atoms with Crippen LogP contribution in [0.15, 0.2) is 81.2 Å². The second-order valence-corrected chi connectivity index (χ2v) is 9.55. The lowest BCUT2D eigenvalue weighted by molar-refractivity contribution is 0.601. The average Bonchev–Trinajstić information content (AvgIpc) is 2.80. The van der Waals surface area contributed by atoms with Gasteiger partial charge in [0, 0.05) is 0 Å². The number of rotatable bonds is 4. The molecule has 2 N–H and O–H groups in total. The van der Waals surface area contributed by atoms with Gasteiger partial charge < -0.3 is 4.98 Å². The molecule has 8 heteroatoms. The highest BCUT2D eigenvalue weighted by Gasteiger charge is 2.18. The molecule has 1 heterocycles. The van der Waals surface area contributed by atoms with Gasteiger partial charge in [-0.15, -0.1) is 0 Å². The summed E-state index contributed by atoms with van der Waals surface area (Å²) in [6, 6.07) is 18.4. The summed E-state index contributed by atoms with van der Waals surface area (Å²) < 4.78 is 29.3. The maximum absolute atomic E-state index is 12.8. The number of fused-ring (bicyclic) bond motifs is 3. The minimum Gasteiger partial charge on any atom is -0.316 e. The largest absolute Gasteiger partial charge is 0.321 e. The Bertz CT molecular complexity index is 1550. The van der Waals surface area contributed by atoms with Crippen LogP contribution in [-0.2, 0) is 22.9 Å². The van der Waals surface area contributed by atoms with Crippen molar-refractivity contribution >= 4 is 26.7 Å². The zero-order valence-electron chi connectivity index (χ0n) is 17.2. The Morgan fingerprint density at radius 2 is 1.66 bits per heavy atom. The van der Waals surface area contributed by atoms with Crippen LogP contribution in [0.5, 0.6) is 0 Å². The lowest BCUT2D eigenvalue weighted by atomic mass is 9.90. The van der Waals surface area contributed by atoms with Crippen molar-refractivity contribution in [2.24, 2.45) is 0 Å². The van der Waals surface area contributed by atoms with E-state index in [0.717, 1.165) is 31.2 Å². The summed E-state index contributed by atoms with van der Waals surface area (Å²) in [6.07, 6.45) is 3.93. The number of aromatic amines is 1. The van der Waals surface area contributed by atoms with Gasteiger partial charge in [-0.1, -0.05) is 30.3 Å². The van der Waals surface area contributed by atoms with Crippen LogP contribution in [0.2, 0.25) is 0 Å². The van der Waals surface area contributed by atoms with E-state index in [2.05, 4.69) is 9.71 Å². The molecule has 0 unspecified atom stereocenters. The van der Waals surface area contributed by atoms with Gasteiger partial charge in [-0.3, -0.25) is 18.9 Å². The third-order valence-corrected chi connectivity index (χ3v) is 7.19. The Hall–Kier alpha value is -3.65. The smallest absolute Gasteiger partial charge is 0.316 e. The van der Waals surface area contributed by atoms with Gasteiger partial charge in [-0.25, -0.2) is 8.42 Å². The number of hydrogen-bond donors (Lipinski definition) is 2. The molecule has 0 fully saturated rings. The molecule has 0 bridgehead atoms. The number of aromatic nitrogens is 2. The van der Waals surface area contributed by atoms with Gasteiger partial charge in [0.15, 0.2) is 0 Å². The van der Waals surface area contributed by atoms with Crippen LogP contribution < -0.4 is 15.8 Å². The molecule has 5 rings (SSSR count). The van der Waals surface area contributed by atoms with Gasteiger partial charge in [0.1, 0.15) is 0 Å². The molecular weight excluding hydrogens is 426 g/mol. The van der Waals surface area contributed by atoms with Crippen LogP contribution in [0, 0.1) is 0 Å². The monoisotopic (exact) mass is 447 g/mol. The molecule has 32 heavy (non-hydrogen) atoms. The highest BCUT2D eigenvalue weighted by Crippen LogP contribution is 2.28. The molecule has 0 radical (unpaired) electrons. The lowest BCUT2D eigenvalue weighted by Gasteiger charge is -2.19. The first-order valence-corrected chi connectivity index (χ1v) is 11.9. The van der Waals surface area contributed by atoms with Gasteiger partial charge >= 0.3 is 11.1 Å². The summed E-state index contributed by atoms with van der Waals surface area (Å²) in [5, 5.41) is 0. The molecule has 3 aromatic carbocycles. The molecular formula is C24H21N3O4S. The minimum atomic E-state index is -3.79. The predicted molar refractivity (Wildman–Crippen MR) is 124 cm³/mol. The lowest BCUT2D eigenvalue weighted by Crippen LogP contribution is -2.36. The topological polar surface area (TPSA) is 101 Å². The number of sulfonamides is 1. The maximum atomic E-state index is 12.8. The summed E-state index contributed by atoms with van der Waals surface area (Å²) in [5.74, 6) is 0. The van der Waals surface area contributed by atoms with Crippen molar-refractivity contribution in [2.45, 2.75) is 30.6 Å². The quantitative estimate of drug-likeness (QED) is 0.469. The molecule has 4 aromatic rings. The molecule has 1 aliphatic rings. The van der Waals surface area contributed by atoms with Crippen molar-refractivity contribution in [2.75, 3.05) is 4.72 Å². The Kier molecular flexibility index (Phi) is 4.94. The number of nitrogens with one attached hydrogen (secondary N) is 2. The van der Waals surface area contributed by atoms with Crippen molar-refractivity contribution < 1.29 is 8.42 Å². The number of H-pyrrole nitrogens is 1. The zero-order valence-corrected chi connectivity index (χ0v) is 18.0. The van der Waals surface area contributed by atoms with Gasteiger partial charge in [-0.05, 0) is 73.2 Å². The highest BCUT2D eigenvalue weighted by molar-refractivity contribution is 7.92. The van der Waals surface area contributed by atoms with Crippen molar-refractivity contribution in [1.82, 2.24) is 9.55 Å². The summed E-state index contributed by atoms with van der Waals surface area (Å²) in [7, 11) is -3.79. The van der Waals surface area contributed by atoms with Crippen LogP contribution in [0.1, 0.15) is 24.0 Å². The Morgan fingerprint density at radius 1 is 0.875 bits per heavy atom. The number of anilines is 1. The van der Waals surface area contributed by atoms with Gasteiger partial charge in [0.2, 0.25) is 0 Å². The van der Waals surface area contributed by atoms with Crippen molar-refractivity contribution in [3.63, 3.8) is 0 Å².